The zero-order chi connectivity index (χ0) is 16.9. The lowest BCUT2D eigenvalue weighted by Crippen LogP contribution is -2.01. The topological polar surface area (TPSA) is 67.9 Å². The van der Waals surface area contributed by atoms with Gasteiger partial charge in [-0.1, -0.05) is 35.5 Å². The number of methoxy groups -OCH3 is 1. The maximum Gasteiger partial charge on any atom is 0.337 e. The summed E-state index contributed by atoms with van der Waals surface area (Å²) in [6.45, 7) is 0. The molecule has 0 unspecified atom stereocenters. The highest BCUT2D eigenvalue weighted by atomic mass is 35.5. The number of carbonyl (C=O) groups is 1. The summed E-state index contributed by atoms with van der Waals surface area (Å²) in [5, 5.41) is 8.44. The van der Waals surface area contributed by atoms with Crippen molar-refractivity contribution in [2.75, 3.05) is 7.11 Å². The number of hydrogen-bond acceptors (Lipinski definition) is 5. The van der Waals surface area contributed by atoms with Crippen molar-refractivity contribution in [3.05, 3.63) is 64.7 Å². The summed E-state index contributed by atoms with van der Waals surface area (Å²) in [6.07, 6.45) is 0. The molecule has 2 aromatic carbocycles. The highest BCUT2D eigenvalue weighted by Gasteiger charge is 2.09. The number of rotatable bonds is 5. The van der Waals surface area contributed by atoms with Gasteiger partial charge >= 0.3 is 5.97 Å². The van der Waals surface area contributed by atoms with Crippen LogP contribution in [0.15, 0.2) is 53.7 Å². The van der Waals surface area contributed by atoms with Crippen LogP contribution in [0.25, 0.3) is 11.4 Å². The Kier molecular flexibility index (Phi) is 5.17. The average Bonchev–Trinajstić information content (AvgIpc) is 3.09. The van der Waals surface area contributed by atoms with Crippen LogP contribution >= 0.6 is 23.4 Å². The number of thioether (sulfide) groups is 1. The molecule has 0 aliphatic carbocycles. The average molecular weight is 360 g/mol. The van der Waals surface area contributed by atoms with Gasteiger partial charge in [0.1, 0.15) is 0 Å². The van der Waals surface area contributed by atoms with Gasteiger partial charge in [0.2, 0.25) is 5.16 Å². The molecule has 3 aromatic rings. The van der Waals surface area contributed by atoms with Crippen molar-refractivity contribution in [3.8, 4) is 11.4 Å². The first-order chi connectivity index (χ1) is 11.7. The number of nitrogens with one attached hydrogen (secondary N) is 1. The van der Waals surface area contributed by atoms with Gasteiger partial charge < -0.3 is 4.74 Å². The van der Waals surface area contributed by atoms with Crippen LogP contribution in [0.2, 0.25) is 5.02 Å². The second kappa shape index (κ2) is 7.51. The molecule has 0 aliphatic heterocycles. The van der Waals surface area contributed by atoms with Crippen LogP contribution in [0.4, 0.5) is 0 Å². The Balaban J connectivity index is 1.67. The molecule has 1 aromatic heterocycles. The van der Waals surface area contributed by atoms with E-state index >= 15 is 0 Å². The van der Waals surface area contributed by atoms with Gasteiger partial charge in [0.15, 0.2) is 5.82 Å². The zero-order valence-corrected chi connectivity index (χ0v) is 14.4. The number of aromatic amines is 1. The Hall–Kier alpha value is -2.31. The Morgan fingerprint density at radius 3 is 2.79 bits per heavy atom. The van der Waals surface area contributed by atoms with E-state index in [0.29, 0.717) is 27.3 Å². The van der Waals surface area contributed by atoms with E-state index in [2.05, 4.69) is 15.2 Å². The van der Waals surface area contributed by atoms with E-state index in [0.717, 1.165) is 11.1 Å². The summed E-state index contributed by atoms with van der Waals surface area (Å²) in [6, 6.07) is 14.7. The van der Waals surface area contributed by atoms with E-state index in [-0.39, 0.29) is 5.97 Å². The van der Waals surface area contributed by atoms with Crippen LogP contribution in [0, 0.1) is 0 Å². The summed E-state index contributed by atoms with van der Waals surface area (Å²) in [7, 11) is 1.37. The Labute approximate surface area is 148 Å². The second-order valence-electron chi connectivity index (χ2n) is 4.95. The molecule has 122 valence electrons. The summed E-state index contributed by atoms with van der Waals surface area (Å²) in [5.41, 5.74) is 2.46. The minimum Gasteiger partial charge on any atom is -0.465 e. The van der Waals surface area contributed by atoms with Crippen molar-refractivity contribution in [1.82, 2.24) is 15.2 Å². The molecule has 5 nitrogen and oxygen atoms in total. The Morgan fingerprint density at radius 1 is 1.25 bits per heavy atom. The highest BCUT2D eigenvalue weighted by Crippen LogP contribution is 2.23. The third-order valence-electron chi connectivity index (χ3n) is 3.30. The number of benzene rings is 2. The largest absolute Gasteiger partial charge is 0.465 e. The SMILES string of the molecule is COC(=O)c1cccc(CSc2n[nH]c(-c3ccc(Cl)cc3)n2)c1. The fourth-order valence-electron chi connectivity index (χ4n) is 2.10. The van der Waals surface area contributed by atoms with E-state index < -0.39 is 0 Å². The third-order valence-corrected chi connectivity index (χ3v) is 4.47. The van der Waals surface area contributed by atoms with E-state index in [4.69, 9.17) is 16.3 Å². The first-order valence-electron chi connectivity index (χ1n) is 7.14. The third kappa shape index (κ3) is 3.96. The number of H-pyrrole nitrogens is 1. The van der Waals surface area contributed by atoms with E-state index in [9.17, 15) is 4.79 Å². The maximum atomic E-state index is 11.6. The van der Waals surface area contributed by atoms with Crippen LogP contribution in [-0.4, -0.2) is 28.3 Å². The molecule has 1 N–H and O–H groups in total. The van der Waals surface area contributed by atoms with Crippen LogP contribution in [0.5, 0.6) is 0 Å². The number of hydrogen-bond donors (Lipinski definition) is 1. The van der Waals surface area contributed by atoms with Gasteiger partial charge in [0.25, 0.3) is 0 Å². The molecule has 1 heterocycles. The molecule has 0 radical (unpaired) electrons. The standard InChI is InChI=1S/C17H14ClN3O2S/c1-23-16(22)13-4-2-3-11(9-13)10-24-17-19-15(20-21-17)12-5-7-14(18)8-6-12/h2-9H,10H2,1H3,(H,19,20,21). The monoisotopic (exact) mass is 359 g/mol. The predicted molar refractivity (Wildman–Crippen MR) is 94.2 cm³/mol. The van der Waals surface area contributed by atoms with E-state index in [1.54, 1.807) is 6.07 Å². The quantitative estimate of drug-likeness (QED) is 0.546. The highest BCUT2D eigenvalue weighted by molar-refractivity contribution is 7.98. The number of esters is 1. The Morgan fingerprint density at radius 2 is 2.04 bits per heavy atom. The minimum absolute atomic E-state index is 0.343. The van der Waals surface area contributed by atoms with Gasteiger partial charge in [-0.15, -0.1) is 5.10 Å². The molecule has 0 fully saturated rings. The van der Waals surface area contributed by atoms with Gasteiger partial charge in [0.05, 0.1) is 12.7 Å². The number of nitrogens with zero attached hydrogens (tertiary/aromatic N) is 2. The van der Waals surface area contributed by atoms with Crippen LogP contribution in [0.3, 0.4) is 0 Å². The minimum atomic E-state index is -0.343. The first kappa shape index (κ1) is 16.5. The van der Waals surface area contributed by atoms with Crippen LogP contribution in [0.1, 0.15) is 15.9 Å². The summed E-state index contributed by atoms with van der Waals surface area (Å²) in [5.74, 6) is 1.00. The zero-order valence-electron chi connectivity index (χ0n) is 12.8. The lowest BCUT2D eigenvalue weighted by molar-refractivity contribution is 0.0600. The molecule has 0 atom stereocenters. The van der Waals surface area contributed by atoms with E-state index in [1.807, 2.05) is 42.5 Å². The van der Waals surface area contributed by atoms with Gasteiger partial charge in [-0.2, -0.15) is 0 Å². The summed E-state index contributed by atoms with van der Waals surface area (Å²) in [4.78, 5) is 16.0. The van der Waals surface area contributed by atoms with E-state index in [1.165, 1.54) is 18.9 Å². The molecule has 0 bridgehead atoms. The van der Waals surface area contributed by atoms with Gasteiger partial charge in [-0.05, 0) is 42.0 Å². The molecule has 0 spiro atoms. The molecular weight excluding hydrogens is 346 g/mol. The molecule has 3 rings (SSSR count). The number of ether oxygens (including phenoxy) is 1. The number of carbonyl (C=O) groups excluding carboxylic acids is 1. The normalized spacial score (nSPS) is 10.6. The van der Waals surface area contributed by atoms with Gasteiger partial charge in [-0.25, -0.2) is 9.78 Å². The molecular formula is C17H14ClN3O2S. The van der Waals surface area contributed by atoms with Crippen LogP contribution < -0.4 is 0 Å². The molecule has 0 amide bonds. The summed E-state index contributed by atoms with van der Waals surface area (Å²) >= 11 is 7.37. The summed E-state index contributed by atoms with van der Waals surface area (Å²) < 4.78 is 4.73. The lowest BCUT2D eigenvalue weighted by Gasteiger charge is -2.02. The first-order valence-corrected chi connectivity index (χ1v) is 8.50. The second-order valence-corrected chi connectivity index (χ2v) is 6.33. The smallest absolute Gasteiger partial charge is 0.337 e. The predicted octanol–water partition coefficient (Wildman–Crippen LogP) is 4.20. The Bertz CT molecular complexity index is 849. The molecule has 0 saturated carbocycles. The number of aromatic nitrogens is 3. The maximum absolute atomic E-state index is 11.6. The fraction of sp³-hybridized carbons (Fsp3) is 0.118. The van der Waals surface area contributed by atoms with Crippen molar-refractivity contribution >= 4 is 29.3 Å². The van der Waals surface area contributed by atoms with Crippen molar-refractivity contribution in [3.63, 3.8) is 0 Å². The number of halogens is 1. The lowest BCUT2D eigenvalue weighted by atomic mass is 10.1. The van der Waals surface area contributed by atoms with Crippen molar-refractivity contribution < 1.29 is 9.53 Å². The van der Waals surface area contributed by atoms with Crippen molar-refractivity contribution in [1.29, 1.82) is 0 Å². The molecule has 0 aliphatic rings. The van der Waals surface area contributed by atoms with Crippen molar-refractivity contribution in [2.45, 2.75) is 10.9 Å². The molecule has 24 heavy (non-hydrogen) atoms. The van der Waals surface area contributed by atoms with Crippen LogP contribution in [-0.2, 0) is 10.5 Å². The van der Waals surface area contributed by atoms with Crippen molar-refractivity contribution in [2.24, 2.45) is 0 Å². The van der Waals surface area contributed by atoms with Gasteiger partial charge in [0, 0.05) is 16.3 Å². The van der Waals surface area contributed by atoms with Gasteiger partial charge in [-0.3, -0.25) is 5.10 Å². The molecule has 0 saturated heterocycles. The molecule has 7 heteroatoms. The fourth-order valence-corrected chi connectivity index (χ4v) is 2.97.